The second kappa shape index (κ2) is 5.47. The van der Waals surface area contributed by atoms with Gasteiger partial charge >= 0.3 is 0 Å². The molecule has 0 saturated heterocycles. The summed E-state index contributed by atoms with van der Waals surface area (Å²) in [6, 6.07) is 4.40. The highest BCUT2D eigenvalue weighted by atomic mass is 79.9. The smallest absolute Gasteiger partial charge is 0.129 e. The van der Waals surface area contributed by atoms with Gasteiger partial charge in [0.1, 0.15) is 10.8 Å². The van der Waals surface area contributed by atoms with Crippen LogP contribution in [0.5, 0.6) is 0 Å². The van der Waals surface area contributed by atoms with Crippen molar-refractivity contribution in [2.24, 2.45) is 5.73 Å². The summed E-state index contributed by atoms with van der Waals surface area (Å²) in [6.45, 7) is 4.15. The monoisotopic (exact) mass is 328 g/mol. The molecule has 2 nitrogen and oxygen atoms in total. The Hall–Kier alpha value is -0.780. The lowest BCUT2D eigenvalue weighted by Crippen LogP contribution is -2.13. The number of benzene rings is 1. The van der Waals surface area contributed by atoms with E-state index in [1.165, 1.54) is 17.4 Å². The molecule has 96 valence electrons. The Balaban J connectivity index is 2.32. The molecule has 2 N–H and O–H groups in total. The molecule has 0 radical (unpaired) electrons. The number of nitrogens with zero attached hydrogens (tertiary/aromatic N) is 1. The van der Waals surface area contributed by atoms with E-state index in [-0.39, 0.29) is 5.82 Å². The van der Waals surface area contributed by atoms with Crippen LogP contribution >= 0.6 is 27.3 Å². The third kappa shape index (κ3) is 2.79. The van der Waals surface area contributed by atoms with Crippen molar-refractivity contribution < 1.29 is 4.39 Å². The van der Waals surface area contributed by atoms with E-state index in [0.29, 0.717) is 16.0 Å². The number of aromatic nitrogens is 1. The van der Waals surface area contributed by atoms with Gasteiger partial charge in [-0.15, -0.1) is 11.3 Å². The van der Waals surface area contributed by atoms with Gasteiger partial charge in [-0.3, -0.25) is 0 Å². The molecule has 18 heavy (non-hydrogen) atoms. The van der Waals surface area contributed by atoms with Gasteiger partial charge in [0.25, 0.3) is 0 Å². The number of hydrogen-bond donors (Lipinski definition) is 1. The van der Waals surface area contributed by atoms with Crippen LogP contribution in [-0.4, -0.2) is 4.98 Å². The van der Waals surface area contributed by atoms with E-state index in [1.807, 2.05) is 5.38 Å². The van der Waals surface area contributed by atoms with Gasteiger partial charge in [-0.2, -0.15) is 0 Å². The summed E-state index contributed by atoms with van der Waals surface area (Å²) in [4.78, 5) is 4.46. The van der Waals surface area contributed by atoms with E-state index in [4.69, 9.17) is 5.73 Å². The lowest BCUT2D eigenvalue weighted by molar-refractivity contribution is 0.598. The maximum absolute atomic E-state index is 13.8. The molecule has 0 aliphatic heterocycles. The van der Waals surface area contributed by atoms with Gasteiger partial charge in [-0.25, -0.2) is 9.37 Å². The number of rotatable bonds is 3. The van der Waals surface area contributed by atoms with Gasteiger partial charge in [-0.1, -0.05) is 35.8 Å². The minimum atomic E-state index is -0.504. The highest BCUT2D eigenvalue weighted by Crippen LogP contribution is 2.28. The van der Waals surface area contributed by atoms with E-state index >= 15 is 0 Å². The molecule has 2 rings (SSSR count). The fourth-order valence-electron chi connectivity index (χ4n) is 1.60. The van der Waals surface area contributed by atoms with Crippen molar-refractivity contribution in [2.75, 3.05) is 0 Å². The number of halogens is 2. The van der Waals surface area contributed by atoms with Crippen molar-refractivity contribution >= 4 is 27.3 Å². The summed E-state index contributed by atoms with van der Waals surface area (Å²) in [5, 5.41) is 2.73. The first-order chi connectivity index (χ1) is 8.49. The van der Waals surface area contributed by atoms with Crippen molar-refractivity contribution in [3.05, 3.63) is 50.1 Å². The van der Waals surface area contributed by atoms with Crippen molar-refractivity contribution in [1.82, 2.24) is 4.98 Å². The number of hydrogen-bond acceptors (Lipinski definition) is 3. The topological polar surface area (TPSA) is 38.9 Å². The minimum Gasteiger partial charge on any atom is -0.318 e. The van der Waals surface area contributed by atoms with Crippen LogP contribution in [0.15, 0.2) is 28.1 Å². The molecule has 0 spiro atoms. The van der Waals surface area contributed by atoms with Crippen LogP contribution in [0.2, 0.25) is 0 Å². The molecule has 1 heterocycles. The third-order valence-corrected chi connectivity index (χ3v) is 4.13. The largest absolute Gasteiger partial charge is 0.318 e. The average molecular weight is 329 g/mol. The van der Waals surface area contributed by atoms with E-state index in [1.54, 1.807) is 12.1 Å². The lowest BCUT2D eigenvalue weighted by Gasteiger charge is -2.10. The minimum absolute atomic E-state index is 0.307. The van der Waals surface area contributed by atoms with Crippen LogP contribution in [0, 0.1) is 5.82 Å². The van der Waals surface area contributed by atoms with Crippen molar-refractivity contribution in [2.45, 2.75) is 25.8 Å². The number of nitrogens with two attached hydrogens (primary N) is 1. The molecule has 0 amide bonds. The first kappa shape index (κ1) is 13.6. The van der Waals surface area contributed by atoms with E-state index < -0.39 is 6.04 Å². The standard InChI is InChI=1S/C13H14BrFN2S/c1-7(2)11-6-18-13(17-11)12(16)9-4-3-8(14)5-10(9)15/h3-7,12H,16H2,1-2H3. The molecule has 1 unspecified atom stereocenters. The Morgan fingerprint density at radius 2 is 2.11 bits per heavy atom. The summed E-state index contributed by atoms with van der Waals surface area (Å²) in [5.41, 5.74) is 7.55. The van der Waals surface area contributed by atoms with Gasteiger partial charge in [0.15, 0.2) is 0 Å². The van der Waals surface area contributed by atoms with Crippen LogP contribution < -0.4 is 5.73 Å². The van der Waals surface area contributed by atoms with Crippen LogP contribution in [0.25, 0.3) is 0 Å². The molecule has 5 heteroatoms. The zero-order valence-corrected chi connectivity index (χ0v) is 12.6. The molecular formula is C13H14BrFN2S. The second-order valence-electron chi connectivity index (χ2n) is 4.41. The van der Waals surface area contributed by atoms with E-state index in [9.17, 15) is 4.39 Å². The molecule has 2 aromatic rings. The highest BCUT2D eigenvalue weighted by Gasteiger charge is 2.17. The van der Waals surface area contributed by atoms with Crippen molar-refractivity contribution in [3.8, 4) is 0 Å². The predicted octanol–water partition coefficient (Wildman–Crippen LogP) is 4.22. The quantitative estimate of drug-likeness (QED) is 0.916. The fraction of sp³-hybridized carbons (Fsp3) is 0.308. The fourth-order valence-corrected chi connectivity index (χ4v) is 2.93. The summed E-state index contributed by atoms with van der Waals surface area (Å²) < 4.78 is 14.5. The Labute approximate surface area is 118 Å². The van der Waals surface area contributed by atoms with Crippen LogP contribution in [0.3, 0.4) is 0 Å². The molecular weight excluding hydrogens is 315 g/mol. The lowest BCUT2D eigenvalue weighted by atomic mass is 10.1. The first-order valence-corrected chi connectivity index (χ1v) is 7.32. The number of thiazole rings is 1. The summed E-state index contributed by atoms with van der Waals surface area (Å²) in [6.07, 6.45) is 0. The van der Waals surface area contributed by atoms with Crippen molar-refractivity contribution in [3.63, 3.8) is 0 Å². The van der Waals surface area contributed by atoms with E-state index in [0.717, 1.165) is 10.7 Å². The van der Waals surface area contributed by atoms with Crippen LogP contribution in [0.4, 0.5) is 4.39 Å². The molecule has 1 aromatic carbocycles. The van der Waals surface area contributed by atoms with Gasteiger partial charge in [0.2, 0.25) is 0 Å². The average Bonchev–Trinajstić information content (AvgIpc) is 2.77. The van der Waals surface area contributed by atoms with Gasteiger partial charge in [0, 0.05) is 15.4 Å². The van der Waals surface area contributed by atoms with Crippen molar-refractivity contribution in [1.29, 1.82) is 0 Å². The SMILES string of the molecule is CC(C)c1csc(C(N)c2ccc(Br)cc2F)n1. The zero-order valence-electron chi connectivity index (χ0n) is 10.2. The van der Waals surface area contributed by atoms with Crippen LogP contribution in [-0.2, 0) is 0 Å². The highest BCUT2D eigenvalue weighted by molar-refractivity contribution is 9.10. The second-order valence-corrected chi connectivity index (χ2v) is 6.21. The molecule has 0 saturated carbocycles. The van der Waals surface area contributed by atoms with Gasteiger partial charge < -0.3 is 5.73 Å². The predicted molar refractivity (Wildman–Crippen MR) is 76.3 cm³/mol. The maximum atomic E-state index is 13.8. The normalized spacial score (nSPS) is 13.0. The molecule has 1 aromatic heterocycles. The Morgan fingerprint density at radius 3 is 2.67 bits per heavy atom. The molecule has 0 aliphatic rings. The van der Waals surface area contributed by atoms with Crippen LogP contribution in [0.1, 0.15) is 42.1 Å². The summed E-state index contributed by atoms with van der Waals surface area (Å²) in [5.74, 6) is 0.0511. The summed E-state index contributed by atoms with van der Waals surface area (Å²) >= 11 is 4.71. The maximum Gasteiger partial charge on any atom is 0.129 e. The molecule has 1 atom stereocenters. The Morgan fingerprint density at radius 1 is 1.39 bits per heavy atom. The molecule has 0 fully saturated rings. The Kier molecular flexibility index (Phi) is 4.14. The Bertz CT molecular complexity index is 554. The molecule has 0 bridgehead atoms. The first-order valence-electron chi connectivity index (χ1n) is 5.65. The third-order valence-electron chi connectivity index (χ3n) is 2.69. The summed E-state index contributed by atoms with van der Waals surface area (Å²) in [7, 11) is 0. The van der Waals surface area contributed by atoms with Gasteiger partial charge in [-0.05, 0) is 18.1 Å². The molecule has 0 aliphatic carbocycles. The zero-order chi connectivity index (χ0) is 13.3. The van der Waals surface area contributed by atoms with Gasteiger partial charge in [0.05, 0.1) is 11.7 Å². The van der Waals surface area contributed by atoms with E-state index in [2.05, 4.69) is 34.8 Å².